The summed E-state index contributed by atoms with van der Waals surface area (Å²) in [6, 6.07) is 0. The van der Waals surface area contributed by atoms with E-state index in [1.807, 2.05) is 37.4 Å². The molecule has 0 atom stereocenters. The number of rotatable bonds is 7. The van der Waals surface area contributed by atoms with Gasteiger partial charge in [-0.3, -0.25) is 4.90 Å². The number of hydrogen-bond acceptors (Lipinski definition) is 5. The second kappa shape index (κ2) is 9.54. The maximum atomic E-state index is 12.0. The third-order valence-electron chi connectivity index (χ3n) is 3.33. The molecule has 6 heteroatoms. The molecule has 0 aliphatic carbocycles. The van der Waals surface area contributed by atoms with E-state index < -0.39 is 5.60 Å². The second-order valence-corrected chi connectivity index (χ2v) is 7.39. The molecule has 0 aromatic heterocycles. The van der Waals surface area contributed by atoms with Crippen LogP contribution in [0.2, 0.25) is 0 Å². The van der Waals surface area contributed by atoms with Crippen LogP contribution in [0.25, 0.3) is 0 Å². The summed E-state index contributed by atoms with van der Waals surface area (Å²) in [5.41, 5.74) is -0.408. The maximum absolute atomic E-state index is 12.0. The van der Waals surface area contributed by atoms with E-state index in [0.29, 0.717) is 0 Å². The lowest BCUT2D eigenvalue weighted by molar-refractivity contribution is 0.0146. The monoisotopic (exact) mass is 317 g/mol. The smallest absolute Gasteiger partial charge is 0.410 e. The Morgan fingerprint density at radius 3 is 2.43 bits per heavy atom. The number of piperazine rings is 1. The molecule has 1 fully saturated rings. The Morgan fingerprint density at radius 1 is 1.19 bits per heavy atom. The summed E-state index contributed by atoms with van der Waals surface area (Å²) in [4.78, 5) is 16.2. The molecule has 1 saturated heterocycles. The van der Waals surface area contributed by atoms with Crippen molar-refractivity contribution in [3.8, 4) is 0 Å². The number of carbonyl (C=O) groups excluding carboxylic acids is 1. The molecule has 0 aromatic carbocycles. The van der Waals surface area contributed by atoms with Gasteiger partial charge in [-0.25, -0.2) is 4.79 Å². The first-order valence-corrected chi connectivity index (χ1v) is 9.21. The summed E-state index contributed by atoms with van der Waals surface area (Å²) < 4.78 is 5.40. The van der Waals surface area contributed by atoms with E-state index in [9.17, 15) is 4.79 Å². The minimum Gasteiger partial charge on any atom is -0.444 e. The first-order valence-electron chi connectivity index (χ1n) is 7.82. The predicted octanol–water partition coefficient (Wildman–Crippen LogP) is 1.88. The molecule has 0 aromatic rings. The highest BCUT2D eigenvalue weighted by Gasteiger charge is 2.25. The molecule has 1 rings (SSSR count). The van der Waals surface area contributed by atoms with Crippen LogP contribution in [0, 0.1) is 0 Å². The van der Waals surface area contributed by atoms with Gasteiger partial charge in [-0.2, -0.15) is 11.8 Å². The van der Waals surface area contributed by atoms with Gasteiger partial charge in [0.25, 0.3) is 0 Å². The highest BCUT2D eigenvalue weighted by atomic mass is 32.2. The van der Waals surface area contributed by atoms with Crippen LogP contribution in [0.15, 0.2) is 0 Å². The van der Waals surface area contributed by atoms with Gasteiger partial charge in [0.2, 0.25) is 0 Å². The summed E-state index contributed by atoms with van der Waals surface area (Å²) in [5, 5.41) is 3.47. The Kier molecular flexibility index (Phi) is 8.44. The minimum absolute atomic E-state index is 0.183. The average Bonchev–Trinajstić information content (AvgIpc) is 2.41. The highest BCUT2D eigenvalue weighted by Crippen LogP contribution is 2.11. The van der Waals surface area contributed by atoms with Crippen molar-refractivity contribution in [1.29, 1.82) is 0 Å². The zero-order valence-electron chi connectivity index (χ0n) is 14.0. The molecule has 0 spiro atoms. The molecule has 1 N–H and O–H groups in total. The van der Waals surface area contributed by atoms with Gasteiger partial charge in [-0.05, 0) is 45.7 Å². The topological polar surface area (TPSA) is 44.8 Å². The maximum Gasteiger partial charge on any atom is 0.410 e. The molecule has 0 radical (unpaired) electrons. The number of carbonyl (C=O) groups is 1. The van der Waals surface area contributed by atoms with Crippen LogP contribution in [0.1, 0.15) is 27.2 Å². The average molecular weight is 317 g/mol. The summed E-state index contributed by atoms with van der Waals surface area (Å²) in [7, 11) is 0. The third-order valence-corrected chi connectivity index (χ3v) is 4.03. The number of amides is 1. The van der Waals surface area contributed by atoms with Crippen molar-refractivity contribution >= 4 is 17.9 Å². The van der Waals surface area contributed by atoms with Crippen LogP contribution in [0.3, 0.4) is 0 Å². The number of nitrogens with one attached hydrogen (secondary N) is 1. The van der Waals surface area contributed by atoms with Crippen molar-refractivity contribution in [3.05, 3.63) is 0 Å². The van der Waals surface area contributed by atoms with Gasteiger partial charge in [0, 0.05) is 39.3 Å². The summed E-state index contributed by atoms with van der Waals surface area (Å²) in [5.74, 6) is 1.22. The Labute approximate surface area is 133 Å². The molecule has 5 nitrogen and oxygen atoms in total. The number of nitrogens with zero attached hydrogens (tertiary/aromatic N) is 2. The van der Waals surface area contributed by atoms with Crippen molar-refractivity contribution in [2.24, 2.45) is 0 Å². The summed E-state index contributed by atoms with van der Waals surface area (Å²) in [6.45, 7) is 12.3. The standard InChI is InChI=1S/C15H31N3O2S/c1-15(2,3)20-14(19)18-11-9-17(10-12-18)8-7-16-6-5-13-21-4/h16H,5-13H2,1-4H3. The fourth-order valence-electron chi connectivity index (χ4n) is 2.18. The van der Waals surface area contributed by atoms with E-state index in [2.05, 4.69) is 16.5 Å². The zero-order chi connectivity index (χ0) is 15.7. The van der Waals surface area contributed by atoms with E-state index >= 15 is 0 Å². The van der Waals surface area contributed by atoms with Crippen molar-refractivity contribution in [3.63, 3.8) is 0 Å². The third kappa shape index (κ3) is 8.53. The van der Waals surface area contributed by atoms with Crippen LogP contribution in [0.5, 0.6) is 0 Å². The molecule has 1 aliphatic rings. The Bertz CT molecular complexity index is 300. The Morgan fingerprint density at radius 2 is 1.86 bits per heavy atom. The lowest BCUT2D eigenvalue weighted by atomic mass is 10.2. The molecular formula is C15H31N3O2S. The van der Waals surface area contributed by atoms with E-state index in [0.717, 1.165) is 45.8 Å². The number of ether oxygens (including phenoxy) is 1. The molecule has 0 unspecified atom stereocenters. The normalized spacial score (nSPS) is 17.0. The van der Waals surface area contributed by atoms with Crippen LogP contribution in [0.4, 0.5) is 4.79 Å². The van der Waals surface area contributed by atoms with Gasteiger partial charge in [-0.15, -0.1) is 0 Å². The Balaban J connectivity index is 2.10. The first-order chi connectivity index (χ1) is 9.92. The molecule has 21 heavy (non-hydrogen) atoms. The van der Waals surface area contributed by atoms with Crippen LogP contribution >= 0.6 is 11.8 Å². The largest absolute Gasteiger partial charge is 0.444 e. The lowest BCUT2D eigenvalue weighted by Gasteiger charge is -2.35. The fraction of sp³-hybridized carbons (Fsp3) is 0.933. The molecule has 0 bridgehead atoms. The van der Waals surface area contributed by atoms with Crippen LogP contribution in [-0.2, 0) is 4.74 Å². The highest BCUT2D eigenvalue weighted by molar-refractivity contribution is 7.98. The molecular weight excluding hydrogens is 286 g/mol. The van der Waals surface area contributed by atoms with E-state index in [4.69, 9.17) is 4.74 Å². The van der Waals surface area contributed by atoms with Gasteiger partial charge in [0.05, 0.1) is 0 Å². The second-order valence-electron chi connectivity index (χ2n) is 6.41. The van der Waals surface area contributed by atoms with Gasteiger partial charge in [-0.1, -0.05) is 0 Å². The molecule has 1 amide bonds. The number of hydrogen-bond donors (Lipinski definition) is 1. The minimum atomic E-state index is -0.408. The molecule has 0 saturated carbocycles. The number of thioether (sulfide) groups is 1. The van der Waals surface area contributed by atoms with E-state index in [1.54, 1.807) is 0 Å². The quantitative estimate of drug-likeness (QED) is 0.727. The lowest BCUT2D eigenvalue weighted by Crippen LogP contribution is -2.51. The van der Waals surface area contributed by atoms with Crippen molar-refractivity contribution < 1.29 is 9.53 Å². The molecule has 124 valence electrons. The van der Waals surface area contributed by atoms with Crippen molar-refractivity contribution in [2.75, 3.05) is 57.8 Å². The summed E-state index contributed by atoms with van der Waals surface area (Å²) in [6.07, 6.45) is 3.19. The van der Waals surface area contributed by atoms with Gasteiger partial charge < -0.3 is 15.0 Å². The zero-order valence-corrected chi connectivity index (χ0v) is 14.8. The molecule has 1 heterocycles. The van der Waals surface area contributed by atoms with Crippen molar-refractivity contribution in [1.82, 2.24) is 15.1 Å². The Hall–Kier alpha value is -0.460. The first kappa shape index (κ1) is 18.6. The van der Waals surface area contributed by atoms with Crippen LogP contribution < -0.4 is 5.32 Å². The molecule has 1 aliphatic heterocycles. The van der Waals surface area contributed by atoms with Gasteiger partial charge >= 0.3 is 6.09 Å². The van der Waals surface area contributed by atoms with Crippen molar-refractivity contribution in [2.45, 2.75) is 32.8 Å². The van der Waals surface area contributed by atoms with E-state index in [1.165, 1.54) is 12.2 Å². The summed E-state index contributed by atoms with van der Waals surface area (Å²) >= 11 is 1.89. The van der Waals surface area contributed by atoms with E-state index in [-0.39, 0.29) is 6.09 Å². The van der Waals surface area contributed by atoms with Crippen LogP contribution in [-0.4, -0.2) is 79.3 Å². The fourth-order valence-corrected chi connectivity index (χ4v) is 2.62. The predicted molar refractivity (Wildman–Crippen MR) is 90.1 cm³/mol. The van der Waals surface area contributed by atoms with Gasteiger partial charge in [0.1, 0.15) is 5.60 Å². The van der Waals surface area contributed by atoms with Gasteiger partial charge in [0.15, 0.2) is 0 Å². The SMILES string of the molecule is CSCCCNCCN1CCN(C(=O)OC(C)(C)C)CC1.